The quantitative estimate of drug-likeness (QED) is 0.469. The van der Waals surface area contributed by atoms with Crippen LogP contribution in [0, 0.1) is 0 Å². The number of rotatable bonds is 3. The van der Waals surface area contributed by atoms with Crippen LogP contribution in [0.5, 0.6) is 0 Å². The number of amides is 1. The van der Waals surface area contributed by atoms with E-state index in [4.69, 9.17) is 10.8 Å². The number of hydrogen-bond donors (Lipinski definition) is 3. The number of carbonyl (C=O) groups excluding carboxylic acids is 1. The SMILES string of the molecule is CC(N)C(=O)NC[C@@H](C)O. The Kier molecular flexibility index (Phi) is 3.99. The Labute approximate surface area is 60.4 Å². The Morgan fingerprint density at radius 2 is 2.20 bits per heavy atom. The number of carbonyl (C=O) groups is 1. The first kappa shape index (κ1) is 9.39. The number of nitrogens with two attached hydrogens (primary N) is 1. The summed E-state index contributed by atoms with van der Waals surface area (Å²) in [7, 11) is 0. The van der Waals surface area contributed by atoms with E-state index in [9.17, 15) is 4.79 Å². The van der Waals surface area contributed by atoms with Crippen LogP contribution in [0.25, 0.3) is 0 Å². The van der Waals surface area contributed by atoms with Crippen LogP contribution in [0.15, 0.2) is 0 Å². The molecule has 0 aromatic carbocycles. The molecule has 0 bridgehead atoms. The molecule has 0 fully saturated rings. The highest BCUT2D eigenvalue weighted by molar-refractivity contribution is 5.80. The van der Waals surface area contributed by atoms with Crippen LogP contribution >= 0.6 is 0 Å². The minimum Gasteiger partial charge on any atom is -0.392 e. The van der Waals surface area contributed by atoms with E-state index >= 15 is 0 Å². The summed E-state index contributed by atoms with van der Waals surface area (Å²) in [4.78, 5) is 10.7. The molecule has 0 heterocycles. The molecule has 0 saturated heterocycles. The highest BCUT2D eigenvalue weighted by atomic mass is 16.3. The molecular weight excluding hydrogens is 132 g/mol. The first-order chi connectivity index (χ1) is 4.54. The molecule has 1 amide bonds. The topological polar surface area (TPSA) is 75.4 Å². The molecule has 2 atom stereocenters. The second-order valence-electron chi connectivity index (χ2n) is 2.38. The smallest absolute Gasteiger partial charge is 0.236 e. The number of nitrogens with one attached hydrogen (secondary N) is 1. The molecule has 0 radical (unpaired) electrons. The van der Waals surface area contributed by atoms with Gasteiger partial charge in [-0.1, -0.05) is 0 Å². The second-order valence-corrected chi connectivity index (χ2v) is 2.38. The van der Waals surface area contributed by atoms with Gasteiger partial charge in [0.2, 0.25) is 5.91 Å². The predicted octanol–water partition coefficient (Wildman–Crippen LogP) is -1.17. The van der Waals surface area contributed by atoms with Crippen molar-refractivity contribution in [1.82, 2.24) is 5.32 Å². The van der Waals surface area contributed by atoms with Crippen molar-refractivity contribution in [2.24, 2.45) is 5.73 Å². The third kappa shape index (κ3) is 4.29. The molecule has 0 saturated carbocycles. The van der Waals surface area contributed by atoms with E-state index in [0.29, 0.717) is 0 Å². The van der Waals surface area contributed by atoms with E-state index in [0.717, 1.165) is 0 Å². The van der Waals surface area contributed by atoms with Gasteiger partial charge in [0, 0.05) is 6.54 Å². The summed E-state index contributed by atoms with van der Waals surface area (Å²) in [6.45, 7) is 3.46. The number of aliphatic hydroxyl groups excluding tert-OH is 1. The zero-order valence-corrected chi connectivity index (χ0v) is 6.29. The molecular formula is C6H14N2O2. The summed E-state index contributed by atoms with van der Waals surface area (Å²) >= 11 is 0. The predicted molar refractivity (Wildman–Crippen MR) is 38.3 cm³/mol. The van der Waals surface area contributed by atoms with Crippen molar-refractivity contribution in [1.29, 1.82) is 0 Å². The lowest BCUT2D eigenvalue weighted by molar-refractivity contribution is -0.122. The Bertz CT molecular complexity index is 112. The molecule has 0 aliphatic carbocycles. The monoisotopic (exact) mass is 146 g/mol. The van der Waals surface area contributed by atoms with Gasteiger partial charge in [-0.25, -0.2) is 0 Å². The number of aliphatic hydroxyl groups is 1. The minimum absolute atomic E-state index is 0.235. The Morgan fingerprint density at radius 1 is 1.70 bits per heavy atom. The van der Waals surface area contributed by atoms with Gasteiger partial charge in [0.15, 0.2) is 0 Å². The van der Waals surface area contributed by atoms with Gasteiger partial charge < -0.3 is 16.2 Å². The van der Waals surface area contributed by atoms with Crippen LogP contribution < -0.4 is 11.1 Å². The molecule has 0 rings (SSSR count). The Hall–Kier alpha value is -0.610. The third-order valence-electron chi connectivity index (χ3n) is 0.985. The fraction of sp³-hybridized carbons (Fsp3) is 0.833. The van der Waals surface area contributed by atoms with Crippen LogP contribution in [0.2, 0.25) is 0 Å². The highest BCUT2D eigenvalue weighted by Gasteiger charge is 2.06. The molecule has 0 aliphatic heterocycles. The second kappa shape index (κ2) is 4.24. The van der Waals surface area contributed by atoms with E-state index in [1.807, 2.05) is 0 Å². The van der Waals surface area contributed by atoms with Crippen LogP contribution in [0.1, 0.15) is 13.8 Å². The largest absolute Gasteiger partial charge is 0.392 e. The van der Waals surface area contributed by atoms with Crippen LogP contribution in [-0.2, 0) is 4.79 Å². The maximum Gasteiger partial charge on any atom is 0.236 e. The molecule has 1 unspecified atom stereocenters. The van der Waals surface area contributed by atoms with Gasteiger partial charge >= 0.3 is 0 Å². The summed E-state index contributed by atoms with van der Waals surface area (Å²) in [6.07, 6.45) is -0.511. The van der Waals surface area contributed by atoms with Crippen LogP contribution in [0.4, 0.5) is 0 Å². The van der Waals surface area contributed by atoms with Crippen molar-refractivity contribution in [3.05, 3.63) is 0 Å². The first-order valence-corrected chi connectivity index (χ1v) is 3.25. The van der Waals surface area contributed by atoms with E-state index < -0.39 is 12.1 Å². The normalized spacial score (nSPS) is 16.0. The van der Waals surface area contributed by atoms with E-state index in [-0.39, 0.29) is 12.5 Å². The molecule has 4 heteroatoms. The summed E-state index contributed by atoms with van der Waals surface area (Å²) in [5.41, 5.74) is 5.23. The summed E-state index contributed by atoms with van der Waals surface area (Å²) in [5, 5.41) is 11.2. The standard InChI is InChI=1S/C6H14N2O2/c1-4(9)3-8-6(10)5(2)7/h4-5,9H,3,7H2,1-2H3,(H,8,10)/t4-,5?/m1/s1. The van der Waals surface area contributed by atoms with Crippen molar-refractivity contribution in [2.45, 2.75) is 26.0 Å². The summed E-state index contributed by atoms with van der Waals surface area (Å²) in [5.74, 6) is -0.235. The molecule has 10 heavy (non-hydrogen) atoms. The van der Waals surface area contributed by atoms with Gasteiger partial charge in [-0.15, -0.1) is 0 Å². The minimum atomic E-state index is -0.511. The lowest BCUT2D eigenvalue weighted by Crippen LogP contribution is -2.41. The first-order valence-electron chi connectivity index (χ1n) is 3.25. The summed E-state index contributed by atoms with van der Waals surface area (Å²) in [6, 6.07) is -0.501. The molecule has 0 spiro atoms. The van der Waals surface area contributed by atoms with Gasteiger partial charge in [0.25, 0.3) is 0 Å². The average molecular weight is 146 g/mol. The van der Waals surface area contributed by atoms with Gasteiger partial charge in [0.1, 0.15) is 0 Å². The third-order valence-corrected chi connectivity index (χ3v) is 0.985. The summed E-state index contributed by atoms with van der Waals surface area (Å²) < 4.78 is 0. The van der Waals surface area contributed by atoms with Gasteiger partial charge in [0.05, 0.1) is 12.1 Å². The zero-order chi connectivity index (χ0) is 8.15. The van der Waals surface area contributed by atoms with Crippen LogP contribution in [-0.4, -0.2) is 29.7 Å². The van der Waals surface area contributed by atoms with E-state index in [2.05, 4.69) is 5.32 Å². The molecule has 0 aromatic heterocycles. The molecule has 0 aromatic rings. The van der Waals surface area contributed by atoms with Crippen molar-refractivity contribution in [2.75, 3.05) is 6.54 Å². The van der Waals surface area contributed by atoms with Crippen molar-refractivity contribution < 1.29 is 9.90 Å². The van der Waals surface area contributed by atoms with E-state index in [1.165, 1.54) is 0 Å². The van der Waals surface area contributed by atoms with Crippen LogP contribution in [0.3, 0.4) is 0 Å². The van der Waals surface area contributed by atoms with Crippen molar-refractivity contribution in [3.63, 3.8) is 0 Å². The fourth-order valence-electron chi connectivity index (χ4n) is 0.409. The lowest BCUT2D eigenvalue weighted by atomic mass is 10.3. The highest BCUT2D eigenvalue weighted by Crippen LogP contribution is 1.78. The average Bonchev–Trinajstić information content (AvgIpc) is 1.82. The van der Waals surface area contributed by atoms with Crippen molar-refractivity contribution >= 4 is 5.91 Å². The number of hydrogen-bond acceptors (Lipinski definition) is 3. The zero-order valence-electron chi connectivity index (χ0n) is 6.29. The van der Waals surface area contributed by atoms with Gasteiger partial charge in [-0.05, 0) is 13.8 Å². The Morgan fingerprint density at radius 3 is 2.50 bits per heavy atom. The maximum atomic E-state index is 10.7. The van der Waals surface area contributed by atoms with E-state index in [1.54, 1.807) is 13.8 Å². The fourth-order valence-corrected chi connectivity index (χ4v) is 0.409. The van der Waals surface area contributed by atoms with Crippen molar-refractivity contribution in [3.8, 4) is 0 Å². The molecule has 0 aliphatic rings. The molecule has 60 valence electrons. The van der Waals surface area contributed by atoms with Gasteiger partial charge in [-0.2, -0.15) is 0 Å². The molecule has 4 N–H and O–H groups in total. The lowest BCUT2D eigenvalue weighted by Gasteiger charge is -2.08. The maximum absolute atomic E-state index is 10.7. The molecule has 4 nitrogen and oxygen atoms in total. The Balaban J connectivity index is 3.40. The van der Waals surface area contributed by atoms with Gasteiger partial charge in [-0.3, -0.25) is 4.79 Å².